The molecule has 0 aromatic heterocycles. The Morgan fingerprint density at radius 1 is 1.18 bits per heavy atom. The van der Waals surface area contributed by atoms with E-state index in [4.69, 9.17) is 0 Å². The number of aliphatic hydroxyl groups is 1. The molecule has 0 aromatic carbocycles. The van der Waals surface area contributed by atoms with Crippen LogP contribution in [-0.2, 0) is 4.79 Å². The van der Waals surface area contributed by atoms with E-state index in [1.807, 2.05) is 13.0 Å². The normalized spacial score (nSPS) is 52.3. The summed E-state index contributed by atoms with van der Waals surface area (Å²) < 4.78 is 0. The lowest BCUT2D eigenvalue weighted by Crippen LogP contribution is -2.49. The van der Waals surface area contributed by atoms with E-state index in [1.54, 1.807) is 0 Å². The Labute approximate surface area is 133 Å². The van der Waals surface area contributed by atoms with Crippen LogP contribution in [0.3, 0.4) is 0 Å². The Morgan fingerprint density at radius 3 is 2.77 bits per heavy atom. The summed E-state index contributed by atoms with van der Waals surface area (Å²) in [6.45, 7) is 4.34. The van der Waals surface area contributed by atoms with Gasteiger partial charge in [-0.25, -0.2) is 0 Å². The van der Waals surface area contributed by atoms with Crippen LogP contribution in [0.4, 0.5) is 0 Å². The third kappa shape index (κ3) is 1.86. The summed E-state index contributed by atoms with van der Waals surface area (Å²) in [5.74, 6) is 3.43. The van der Waals surface area contributed by atoms with Gasteiger partial charge in [-0.15, -0.1) is 0 Å². The first-order valence-corrected chi connectivity index (χ1v) is 9.13. The fourth-order valence-corrected chi connectivity index (χ4v) is 6.52. The van der Waals surface area contributed by atoms with E-state index in [0.29, 0.717) is 17.8 Å². The number of hydrogen-bond acceptors (Lipinski definition) is 2. The van der Waals surface area contributed by atoms with Gasteiger partial charge in [0, 0.05) is 0 Å². The molecule has 0 amide bonds. The summed E-state index contributed by atoms with van der Waals surface area (Å²) in [6.07, 6.45) is 13.0. The van der Waals surface area contributed by atoms with Gasteiger partial charge < -0.3 is 5.11 Å². The lowest BCUT2D eigenvalue weighted by Gasteiger charge is -2.54. The molecule has 0 aromatic rings. The predicted octanol–water partition coefficient (Wildman–Crippen LogP) is 3.90. The summed E-state index contributed by atoms with van der Waals surface area (Å²) in [5, 5.41) is 10.5. The highest BCUT2D eigenvalue weighted by Gasteiger charge is 2.56. The Balaban J connectivity index is 1.65. The summed E-state index contributed by atoms with van der Waals surface area (Å²) >= 11 is 0. The lowest BCUT2D eigenvalue weighted by molar-refractivity contribution is -0.113. The van der Waals surface area contributed by atoms with Crippen molar-refractivity contribution in [3.8, 4) is 0 Å². The standard InChI is InChI=1S/C20H28O2/c1-3-12-13-4-5-16-15(14(13)6-8-18(12)21)10-11-20(2)17(16)7-9-19(20)22/h3,6,8,13-17,19,22H,4-5,7,9-11H2,1-2H3/b12-3-/t13-,14-,15?,16?,17?,19-,20-/m0/s1. The molecule has 4 rings (SSSR count). The average molecular weight is 300 g/mol. The second-order valence-corrected chi connectivity index (χ2v) is 8.30. The molecule has 7 atom stereocenters. The fourth-order valence-electron chi connectivity index (χ4n) is 6.52. The van der Waals surface area contributed by atoms with Gasteiger partial charge in [-0.05, 0) is 92.1 Å². The molecule has 3 fully saturated rings. The van der Waals surface area contributed by atoms with Crippen LogP contribution in [0.25, 0.3) is 0 Å². The molecule has 0 saturated heterocycles. The number of rotatable bonds is 0. The zero-order valence-electron chi connectivity index (χ0n) is 13.8. The molecular weight excluding hydrogens is 272 g/mol. The van der Waals surface area contributed by atoms with Crippen LogP contribution >= 0.6 is 0 Å². The van der Waals surface area contributed by atoms with Crippen LogP contribution in [0.15, 0.2) is 23.8 Å². The monoisotopic (exact) mass is 300 g/mol. The smallest absolute Gasteiger partial charge is 0.181 e. The van der Waals surface area contributed by atoms with Crippen molar-refractivity contribution in [3.63, 3.8) is 0 Å². The molecule has 3 saturated carbocycles. The number of carbonyl (C=O) groups excluding carboxylic acids is 1. The van der Waals surface area contributed by atoms with Gasteiger partial charge in [-0.2, -0.15) is 0 Å². The van der Waals surface area contributed by atoms with Gasteiger partial charge in [0.2, 0.25) is 0 Å². The van der Waals surface area contributed by atoms with Crippen molar-refractivity contribution >= 4 is 5.78 Å². The number of ketones is 1. The first-order valence-electron chi connectivity index (χ1n) is 9.13. The molecule has 0 aliphatic heterocycles. The van der Waals surface area contributed by atoms with Crippen molar-refractivity contribution in [3.05, 3.63) is 23.8 Å². The van der Waals surface area contributed by atoms with Crippen LogP contribution in [-0.4, -0.2) is 17.0 Å². The molecule has 120 valence electrons. The first-order chi connectivity index (χ1) is 10.6. The van der Waals surface area contributed by atoms with Gasteiger partial charge in [0.05, 0.1) is 6.10 Å². The van der Waals surface area contributed by atoms with Crippen molar-refractivity contribution in [2.24, 2.45) is 35.0 Å². The van der Waals surface area contributed by atoms with Crippen molar-refractivity contribution in [2.45, 2.75) is 58.5 Å². The Kier molecular flexibility index (Phi) is 3.38. The van der Waals surface area contributed by atoms with Gasteiger partial charge in [0.1, 0.15) is 0 Å². The van der Waals surface area contributed by atoms with Crippen LogP contribution in [0, 0.1) is 35.0 Å². The second kappa shape index (κ2) is 5.06. The molecule has 0 heterocycles. The van der Waals surface area contributed by atoms with Crippen molar-refractivity contribution in [1.29, 1.82) is 0 Å². The van der Waals surface area contributed by atoms with Crippen molar-refractivity contribution in [2.75, 3.05) is 0 Å². The van der Waals surface area contributed by atoms with Crippen LogP contribution in [0.2, 0.25) is 0 Å². The SMILES string of the molecule is C/C=C1\C(=O)C=C[C@@H]2C3CC[C@@]4(C)C(CC[C@@H]4O)C3CC[C@@H]12. The van der Waals surface area contributed by atoms with Crippen LogP contribution in [0.1, 0.15) is 52.4 Å². The topological polar surface area (TPSA) is 37.3 Å². The Hall–Kier alpha value is -0.890. The van der Waals surface area contributed by atoms with Gasteiger partial charge >= 0.3 is 0 Å². The third-order valence-electron chi connectivity index (χ3n) is 7.68. The van der Waals surface area contributed by atoms with E-state index in [0.717, 1.165) is 36.7 Å². The summed E-state index contributed by atoms with van der Waals surface area (Å²) in [4.78, 5) is 12.1. The molecular formula is C20H28O2. The molecule has 4 aliphatic carbocycles. The maximum atomic E-state index is 12.1. The van der Waals surface area contributed by atoms with E-state index < -0.39 is 0 Å². The predicted molar refractivity (Wildman–Crippen MR) is 87.2 cm³/mol. The maximum Gasteiger partial charge on any atom is 0.181 e. The zero-order chi connectivity index (χ0) is 15.5. The van der Waals surface area contributed by atoms with Crippen molar-refractivity contribution < 1.29 is 9.90 Å². The van der Waals surface area contributed by atoms with E-state index >= 15 is 0 Å². The lowest BCUT2D eigenvalue weighted by atomic mass is 9.51. The summed E-state index contributed by atoms with van der Waals surface area (Å²) in [7, 11) is 0. The number of hydrogen-bond donors (Lipinski definition) is 1. The quantitative estimate of drug-likeness (QED) is 0.689. The van der Waals surface area contributed by atoms with E-state index in [9.17, 15) is 9.90 Å². The molecule has 0 radical (unpaired) electrons. The molecule has 1 N–H and O–H groups in total. The number of carbonyl (C=O) groups is 1. The fraction of sp³-hybridized carbons (Fsp3) is 0.750. The van der Waals surface area contributed by atoms with E-state index in [1.165, 1.54) is 19.3 Å². The number of fused-ring (bicyclic) bond motifs is 5. The molecule has 2 heteroatoms. The first kappa shape index (κ1) is 14.7. The number of aliphatic hydroxyl groups excluding tert-OH is 1. The largest absolute Gasteiger partial charge is 0.393 e. The Morgan fingerprint density at radius 2 is 2.00 bits per heavy atom. The molecule has 0 bridgehead atoms. The molecule has 3 unspecified atom stereocenters. The molecule has 4 aliphatic rings. The summed E-state index contributed by atoms with van der Waals surface area (Å²) in [5.41, 5.74) is 1.22. The van der Waals surface area contributed by atoms with Crippen LogP contribution in [0.5, 0.6) is 0 Å². The third-order valence-corrected chi connectivity index (χ3v) is 7.68. The van der Waals surface area contributed by atoms with Gasteiger partial charge in [-0.3, -0.25) is 4.79 Å². The highest BCUT2D eigenvalue weighted by molar-refractivity contribution is 6.05. The van der Waals surface area contributed by atoms with Crippen LogP contribution < -0.4 is 0 Å². The summed E-state index contributed by atoms with van der Waals surface area (Å²) in [6, 6.07) is 0. The molecule has 2 nitrogen and oxygen atoms in total. The maximum absolute atomic E-state index is 12.1. The molecule has 0 spiro atoms. The highest BCUT2D eigenvalue weighted by Crippen LogP contribution is 2.62. The van der Waals surface area contributed by atoms with Gasteiger partial charge in [0.25, 0.3) is 0 Å². The number of allylic oxidation sites excluding steroid dienone is 4. The second-order valence-electron chi connectivity index (χ2n) is 8.30. The average Bonchev–Trinajstić information content (AvgIpc) is 2.82. The van der Waals surface area contributed by atoms with Gasteiger partial charge in [0.15, 0.2) is 5.78 Å². The minimum absolute atomic E-state index is 0.0919. The minimum atomic E-state index is -0.0919. The molecule has 22 heavy (non-hydrogen) atoms. The van der Waals surface area contributed by atoms with E-state index in [-0.39, 0.29) is 17.3 Å². The highest BCUT2D eigenvalue weighted by atomic mass is 16.3. The van der Waals surface area contributed by atoms with Crippen molar-refractivity contribution in [1.82, 2.24) is 0 Å². The van der Waals surface area contributed by atoms with E-state index in [2.05, 4.69) is 19.1 Å². The minimum Gasteiger partial charge on any atom is -0.393 e. The van der Waals surface area contributed by atoms with Gasteiger partial charge in [-0.1, -0.05) is 19.1 Å². The Bertz CT molecular complexity index is 546. The zero-order valence-corrected chi connectivity index (χ0v) is 13.8.